The predicted octanol–water partition coefficient (Wildman–Crippen LogP) is 0.539. The lowest BCUT2D eigenvalue weighted by molar-refractivity contribution is -0.121. The summed E-state index contributed by atoms with van der Waals surface area (Å²) in [6.07, 6.45) is 8.96. The summed E-state index contributed by atoms with van der Waals surface area (Å²) in [4.78, 5) is 18.1. The molecule has 0 saturated carbocycles. The molecule has 0 aliphatic carbocycles. The lowest BCUT2D eigenvalue weighted by Gasteiger charge is -2.28. The van der Waals surface area contributed by atoms with Gasteiger partial charge in [-0.3, -0.25) is 9.69 Å². The summed E-state index contributed by atoms with van der Waals surface area (Å²) in [5.41, 5.74) is 2.78. The van der Waals surface area contributed by atoms with Crippen LogP contribution >= 0.6 is 0 Å². The van der Waals surface area contributed by atoms with Gasteiger partial charge < -0.3 is 4.84 Å². The molecule has 1 rings (SSSR count). The van der Waals surface area contributed by atoms with Crippen molar-refractivity contribution in [3.63, 3.8) is 0 Å². The van der Waals surface area contributed by atoms with Crippen LogP contribution < -0.4 is 5.48 Å². The maximum Gasteiger partial charge on any atom is 0.146 e. The Morgan fingerprint density at radius 1 is 1.67 bits per heavy atom. The molecule has 0 spiro atoms. The number of nitrogens with one attached hydrogen (secondary N) is 1. The van der Waals surface area contributed by atoms with Crippen LogP contribution in [0.5, 0.6) is 0 Å². The van der Waals surface area contributed by atoms with E-state index in [1.54, 1.807) is 6.92 Å². The fourth-order valence-corrected chi connectivity index (χ4v) is 2.27. The van der Waals surface area contributed by atoms with Gasteiger partial charge in [0.15, 0.2) is 0 Å². The highest BCUT2D eigenvalue weighted by Gasteiger charge is 2.36. The van der Waals surface area contributed by atoms with Crippen LogP contribution in [0.4, 0.5) is 0 Å². The number of hydroxylamine groups is 1. The zero-order valence-corrected chi connectivity index (χ0v) is 9.49. The van der Waals surface area contributed by atoms with Crippen molar-refractivity contribution < 1.29 is 9.63 Å². The van der Waals surface area contributed by atoms with Crippen molar-refractivity contribution in [2.45, 2.75) is 44.8 Å². The standard InChI is InChI=1S/C11H18N2O2/c1-5-15-12-8(2)10-6-7-11(9(3)14)13(10)4/h1,8,10-12H,6-7H2,2-4H3/t8?,10-,11-/m1/s1. The number of likely N-dealkylation sites (tertiary alicyclic amines) is 1. The van der Waals surface area contributed by atoms with E-state index in [0.717, 1.165) is 12.8 Å². The van der Waals surface area contributed by atoms with Crippen LogP contribution in [0.2, 0.25) is 0 Å². The first-order chi connectivity index (χ1) is 7.07. The lowest BCUT2D eigenvalue weighted by Crippen LogP contribution is -2.46. The molecule has 1 unspecified atom stereocenters. The third kappa shape index (κ3) is 2.71. The Balaban J connectivity index is 2.52. The topological polar surface area (TPSA) is 41.6 Å². The molecule has 1 saturated heterocycles. The van der Waals surface area contributed by atoms with Gasteiger partial charge in [0, 0.05) is 6.04 Å². The molecule has 1 N–H and O–H groups in total. The van der Waals surface area contributed by atoms with Crippen LogP contribution in [0.15, 0.2) is 0 Å². The second-order valence-electron chi connectivity index (χ2n) is 4.06. The molecule has 0 aromatic heterocycles. The van der Waals surface area contributed by atoms with Gasteiger partial charge in [0.1, 0.15) is 11.9 Å². The third-order valence-corrected chi connectivity index (χ3v) is 3.10. The maximum absolute atomic E-state index is 11.3. The molecule has 0 radical (unpaired) electrons. The average Bonchev–Trinajstić information content (AvgIpc) is 2.56. The van der Waals surface area contributed by atoms with Crippen LogP contribution in [-0.2, 0) is 9.63 Å². The van der Waals surface area contributed by atoms with E-state index in [4.69, 9.17) is 11.3 Å². The first-order valence-corrected chi connectivity index (χ1v) is 5.17. The van der Waals surface area contributed by atoms with Crippen molar-refractivity contribution >= 4 is 5.78 Å². The highest BCUT2D eigenvalue weighted by atomic mass is 16.6. The molecule has 1 aliphatic heterocycles. The Hall–Kier alpha value is -1.05. The van der Waals surface area contributed by atoms with Crippen LogP contribution in [0.3, 0.4) is 0 Å². The van der Waals surface area contributed by atoms with Crippen LogP contribution in [-0.4, -0.2) is 35.9 Å². The van der Waals surface area contributed by atoms with Gasteiger partial charge in [0.25, 0.3) is 0 Å². The predicted molar refractivity (Wildman–Crippen MR) is 57.8 cm³/mol. The third-order valence-electron chi connectivity index (χ3n) is 3.10. The van der Waals surface area contributed by atoms with Crippen molar-refractivity contribution in [1.82, 2.24) is 10.4 Å². The summed E-state index contributed by atoms with van der Waals surface area (Å²) in [5.74, 6) is 0.227. The first-order valence-electron chi connectivity index (χ1n) is 5.17. The number of likely N-dealkylation sites (N-methyl/N-ethyl adjacent to an activating group) is 1. The molecule has 0 aromatic carbocycles. The molecule has 1 heterocycles. The highest BCUT2D eigenvalue weighted by molar-refractivity contribution is 5.81. The van der Waals surface area contributed by atoms with Gasteiger partial charge >= 0.3 is 0 Å². The van der Waals surface area contributed by atoms with Crippen LogP contribution in [0.1, 0.15) is 26.7 Å². The smallest absolute Gasteiger partial charge is 0.146 e. The monoisotopic (exact) mass is 210 g/mol. The van der Waals surface area contributed by atoms with Crippen molar-refractivity contribution in [1.29, 1.82) is 0 Å². The van der Waals surface area contributed by atoms with E-state index in [-0.39, 0.29) is 17.9 Å². The van der Waals surface area contributed by atoms with Gasteiger partial charge in [-0.25, -0.2) is 0 Å². The summed E-state index contributed by atoms with van der Waals surface area (Å²) < 4.78 is 0. The Labute approximate surface area is 90.9 Å². The molecule has 4 nitrogen and oxygen atoms in total. The average molecular weight is 210 g/mol. The van der Waals surface area contributed by atoms with Gasteiger partial charge in [-0.05, 0) is 33.7 Å². The SMILES string of the molecule is C#CONC(C)[C@H]1CC[C@H](C(C)=O)N1C. The first kappa shape index (κ1) is 12.0. The fraction of sp³-hybridized carbons (Fsp3) is 0.727. The number of hydrogen-bond donors (Lipinski definition) is 1. The van der Waals surface area contributed by atoms with E-state index < -0.39 is 0 Å². The molecule has 84 valence electrons. The van der Waals surface area contributed by atoms with Gasteiger partial charge in [-0.1, -0.05) is 6.42 Å². The molecule has 1 fully saturated rings. The number of ketones is 1. The molecular formula is C11H18N2O2. The number of carbonyl (C=O) groups is 1. The number of carbonyl (C=O) groups excluding carboxylic acids is 1. The summed E-state index contributed by atoms with van der Waals surface area (Å²) in [6.45, 7) is 3.64. The van der Waals surface area contributed by atoms with E-state index in [9.17, 15) is 4.79 Å². The van der Waals surface area contributed by atoms with Crippen LogP contribution in [0, 0.1) is 12.5 Å². The van der Waals surface area contributed by atoms with E-state index >= 15 is 0 Å². The van der Waals surface area contributed by atoms with Gasteiger partial charge in [0.05, 0.1) is 12.1 Å². The molecule has 1 aliphatic rings. The Morgan fingerprint density at radius 3 is 2.80 bits per heavy atom. The quantitative estimate of drug-likeness (QED) is 0.543. The van der Waals surface area contributed by atoms with Crippen LogP contribution in [0.25, 0.3) is 0 Å². The minimum atomic E-state index is 0.0464. The van der Waals surface area contributed by atoms with Crippen molar-refractivity contribution in [2.75, 3.05) is 7.05 Å². The van der Waals surface area contributed by atoms with Gasteiger partial charge in [-0.15, -0.1) is 5.48 Å². The zero-order chi connectivity index (χ0) is 11.4. The molecule has 15 heavy (non-hydrogen) atoms. The van der Waals surface area contributed by atoms with Crippen molar-refractivity contribution in [2.24, 2.45) is 0 Å². The number of rotatable bonds is 4. The minimum Gasteiger partial charge on any atom is -0.356 e. The van der Waals surface area contributed by atoms with Crippen molar-refractivity contribution in [3.05, 3.63) is 0 Å². The van der Waals surface area contributed by atoms with E-state index in [0.29, 0.717) is 6.04 Å². The van der Waals surface area contributed by atoms with Gasteiger partial charge in [-0.2, -0.15) is 0 Å². The summed E-state index contributed by atoms with van der Waals surface area (Å²) in [6, 6.07) is 0.465. The summed E-state index contributed by atoms with van der Waals surface area (Å²) >= 11 is 0. The highest BCUT2D eigenvalue weighted by Crippen LogP contribution is 2.24. The van der Waals surface area contributed by atoms with E-state index in [1.165, 1.54) is 0 Å². The maximum atomic E-state index is 11.3. The van der Waals surface area contributed by atoms with E-state index in [1.807, 2.05) is 14.0 Å². The normalized spacial score (nSPS) is 28.4. The summed E-state index contributed by atoms with van der Waals surface area (Å²) in [7, 11) is 1.97. The molecular weight excluding hydrogens is 192 g/mol. The number of hydrogen-bond acceptors (Lipinski definition) is 4. The molecule has 3 atom stereocenters. The van der Waals surface area contributed by atoms with Gasteiger partial charge in [0.2, 0.25) is 0 Å². The number of terminal acetylenes is 1. The Bertz CT molecular complexity index is 272. The Kier molecular flexibility index (Phi) is 4.13. The molecule has 0 aromatic rings. The number of nitrogens with zero attached hydrogens (tertiary/aromatic N) is 1. The number of Topliss-reactive ketones (excluding diaryl/α,β-unsaturated/α-hetero) is 1. The second-order valence-corrected chi connectivity index (χ2v) is 4.06. The summed E-state index contributed by atoms with van der Waals surface area (Å²) in [5, 5.41) is 0. The Morgan fingerprint density at radius 2 is 2.33 bits per heavy atom. The zero-order valence-electron chi connectivity index (χ0n) is 9.49. The lowest BCUT2D eigenvalue weighted by atomic mass is 10.1. The molecule has 0 amide bonds. The van der Waals surface area contributed by atoms with E-state index in [2.05, 4.69) is 16.5 Å². The molecule has 0 bridgehead atoms. The fourth-order valence-electron chi connectivity index (χ4n) is 2.27. The molecule has 4 heteroatoms. The second kappa shape index (κ2) is 5.15. The largest absolute Gasteiger partial charge is 0.356 e. The van der Waals surface area contributed by atoms with Crippen molar-refractivity contribution in [3.8, 4) is 12.5 Å². The minimum absolute atomic E-state index is 0.0464.